The summed E-state index contributed by atoms with van der Waals surface area (Å²) in [4.78, 5) is 9.75. The van der Waals surface area contributed by atoms with Crippen molar-refractivity contribution in [1.82, 2.24) is 4.72 Å². The summed E-state index contributed by atoms with van der Waals surface area (Å²) >= 11 is 5.61. The molecule has 0 aliphatic carbocycles. The summed E-state index contributed by atoms with van der Waals surface area (Å²) in [6.07, 6.45) is -0.308. The molecular weight excluding hydrogens is 296 g/mol. The van der Waals surface area contributed by atoms with Gasteiger partial charge in [0, 0.05) is 19.7 Å². The van der Waals surface area contributed by atoms with Crippen LogP contribution in [-0.2, 0) is 14.8 Å². The zero-order valence-corrected chi connectivity index (χ0v) is 11.9. The van der Waals surface area contributed by atoms with Crippen molar-refractivity contribution in [3.05, 3.63) is 33.3 Å². The lowest BCUT2D eigenvalue weighted by molar-refractivity contribution is -0.384. The number of ether oxygens (including phenoxy) is 1. The quantitative estimate of drug-likeness (QED) is 0.635. The zero-order valence-electron chi connectivity index (χ0n) is 10.3. The molecule has 0 aliphatic heterocycles. The number of nitrogens with zero attached hydrogens (tertiary/aromatic N) is 1. The maximum Gasteiger partial charge on any atom is 0.289 e. The molecule has 7 nitrogen and oxygen atoms in total. The topological polar surface area (TPSA) is 98.5 Å². The highest BCUT2D eigenvalue weighted by atomic mass is 35.5. The number of benzene rings is 1. The molecule has 0 heterocycles. The predicted octanol–water partition coefficient (Wildman–Crippen LogP) is 1.56. The van der Waals surface area contributed by atoms with E-state index in [0.29, 0.717) is 0 Å². The molecule has 1 N–H and O–H groups in total. The molecule has 9 heteroatoms. The number of hydrogen-bond donors (Lipinski definition) is 1. The Morgan fingerprint density at radius 2 is 2.16 bits per heavy atom. The summed E-state index contributed by atoms with van der Waals surface area (Å²) in [5.74, 6) is 0. The molecule has 0 radical (unpaired) electrons. The van der Waals surface area contributed by atoms with Crippen LogP contribution in [0.3, 0.4) is 0 Å². The summed E-state index contributed by atoms with van der Waals surface area (Å²) in [6.45, 7) is 1.75. The second kappa shape index (κ2) is 6.29. The SMILES string of the molecule is COC(C)CNS(=O)(=O)c1ccc(Cl)c([N+](=O)[O-])c1. The molecule has 106 valence electrons. The Bertz CT molecular complexity index is 575. The Labute approximate surface area is 115 Å². The molecule has 0 fully saturated rings. The van der Waals surface area contributed by atoms with Gasteiger partial charge in [-0.15, -0.1) is 0 Å². The van der Waals surface area contributed by atoms with Crippen LogP contribution in [-0.4, -0.2) is 33.1 Å². The number of halogens is 1. The lowest BCUT2D eigenvalue weighted by Crippen LogP contribution is -2.31. The highest BCUT2D eigenvalue weighted by Crippen LogP contribution is 2.26. The Morgan fingerprint density at radius 1 is 1.53 bits per heavy atom. The summed E-state index contributed by atoms with van der Waals surface area (Å²) in [7, 11) is -2.38. The molecule has 0 saturated carbocycles. The first kappa shape index (κ1) is 15.8. The van der Waals surface area contributed by atoms with E-state index in [0.717, 1.165) is 6.07 Å². The van der Waals surface area contributed by atoms with Crippen molar-refractivity contribution in [2.45, 2.75) is 17.9 Å². The fourth-order valence-corrected chi connectivity index (χ4v) is 2.51. The van der Waals surface area contributed by atoms with Crippen LogP contribution in [0.1, 0.15) is 6.92 Å². The van der Waals surface area contributed by atoms with E-state index in [1.807, 2.05) is 0 Å². The molecule has 1 rings (SSSR count). The first-order chi connectivity index (χ1) is 8.77. The summed E-state index contributed by atoms with van der Waals surface area (Å²) < 4.78 is 31.0. The first-order valence-electron chi connectivity index (χ1n) is 5.24. The van der Waals surface area contributed by atoms with E-state index in [2.05, 4.69) is 4.72 Å². The van der Waals surface area contributed by atoms with Gasteiger partial charge >= 0.3 is 0 Å². The number of methoxy groups -OCH3 is 1. The smallest absolute Gasteiger partial charge is 0.289 e. The summed E-state index contributed by atoms with van der Waals surface area (Å²) in [6, 6.07) is 3.30. The molecule has 1 atom stereocenters. The van der Waals surface area contributed by atoms with Crippen molar-refractivity contribution in [1.29, 1.82) is 0 Å². The summed E-state index contributed by atoms with van der Waals surface area (Å²) in [5, 5.41) is 10.6. The average Bonchev–Trinajstić information content (AvgIpc) is 2.35. The molecule has 0 bridgehead atoms. The highest BCUT2D eigenvalue weighted by Gasteiger charge is 2.20. The standard InChI is InChI=1S/C10H13ClN2O5S/c1-7(18-2)6-12-19(16,17)8-3-4-9(11)10(5-8)13(14)15/h3-5,7,12H,6H2,1-2H3. The van der Waals surface area contributed by atoms with Crippen molar-refractivity contribution in [2.24, 2.45) is 0 Å². The van der Waals surface area contributed by atoms with E-state index in [9.17, 15) is 18.5 Å². The molecule has 1 aromatic rings. The van der Waals surface area contributed by atoms with Crippen molar-refractivity contribution in [3.8, 4) is 0 Å². The molecule has 0 aliphatic rings. The van der Waals surface area contributed by atoms with Gasteiger partial charge in [0.15, 0.2) is 0 Å². The fraction of sp³-hybridized carbons (Fsp3) is 0.400. The van der Waals surface area contributed by atoms with Gasteiger partial charge in [-0.1, -0.05) is 11.6 Å². The fourth-order valence-electron chi connectivity index (χ4n) is 1.19. The van der Waals surface area contributed by atoms with E-state index in [4.69, 9.17) is 16.3 Å². The van der Waals surface area contributed by atoms with Gasteiger partial charge in [-0.3, -0.25) is 10.1 Å². The maximum atomic E-state index is 11.9. The van der Waals surface area contributed by atoms with Crippen LogP contribution in [0.15, 0.2) is 23.1 Å². The zero-order chi connectivity index (χ0) is 14.6. The molecule has 1 unspecified atom stereocenters. The van der Waals surface area contributed by atoms with Gasteiger partial charge in [0.05, 0.1) is 15.9 Å². The predicted molar refractivity (Wildman–Crippen MR) is 69.8 cm³/mol. The minimum Gasteiger partial charge on any atom is -0.380 e. The normalized spacial score (nSPS) is 13.2. The number of sulfonamides is 1. The number of nitrogens with one attached hydrogen (secondary N) is 1. The number of hydrogen-bond acceptors (Lipinski definition) is 5. The second-order valence-corrected chi connectivity index (χ2v) is 5.94. The van der Waals surface area contributed by atoms with Crippen molar-refractivity contribution < 1.29 is 18.1 Å². The van der Waals surface area contributed by atoms with Crippen LogP contribution in [0.4, 0.5) is 5.69 Å². The van der Waals surface area contributed by atoms with Crippen LogP contribution in [0.5, 0.6) is 0 Å². The van der Waals surface area contributed by atoms with E-state index >= 15 is 0 Å². The van der Waals surface area contributed by atoms with Gasteiger partial charge in [0.2, 0.25) is 10.0 Å². The minimum absolute atomic E-state index is 0.0647. The third-order valence-electron chi connectivity index (χ3n) is 2.39. The minimum atomic E-state index is -3.83. The molecule has 0 spiro atoms. The van der Waals surface area contributed by atoms with Crippen molar-refractivity contribution in [3.63, 3.8) is 0 Å². The van der Waals surface area contributed by atoms with Crippen LogP contribution < -0.4 is 4.72 Å². The van der Waals surface area contributed by atoms with Gasteiger partial charge in [0.1, 0.15) is 5.02 Å². The van der Waals surface area contributed by atoms with Gasteiger partial charge in [-0.2, -0.15) is 0 Å². The van der Waals surface area contributed by atoms with E-state index in [1.54, 1.807) is 6.92 Å². The van der Waals surface area contributed by atoms with E-state index < -0.39 is 20.6 Å². The van der Waals surface area contributed by atoms with Gasteiger partial charge in [-0.05, 0) is 19.1 Å². The third-order valence-corrected chi connectivity index (χ3v) is 4.13. The third kappa shape index (κ3) is 4.13. The van der Waals surface area contributed by atoms with Gasteiger partial charge in [-0.25, -0.2) is 13.1 Å². The Kier molecular flexibility index (Phi) is 5.24. The van der Waals surface area contributed by atoms with Crippen LogP contribution >= 0.6 is 11.6 Å². The lowest BCUT2D eigenvalue weighted by atomic mass is 10.3. The molecule has 0 aromatic heterocycles. The van der Waals surface area contributed by atoms with Crippen molar-refractivity contribution >= 4 is 27.3 Å². The largest absolute Gasteiger partial charge is 0.380 e. The lowest BCUT2D eigenvalue weighted by Gasteiger charge is -2.11. The molecule has 0 saturated heterocycles. The number of rotatable bonds is 6. The van der Waals surface area contributed by atoms with Gasteiger partial charge < -0.3 is 4.74 Å². The van der Waals surface area contributed by atoms with Crippen LogP contribution in [0, 0.1) is 10.1 Å². The Hall–Kier alpha value is -1.22. The second-order valence-electron chi connectivity index (χ2n) is 3.77. The Balaban J connectivity index is 3.02. The molecule has 1 aromatic carbocycles. The Morgan fingerprint density at radius 3 is 2.68 bits per heavy atom. The van der Waals surface area contributed by atoms with E-state index in [1.165, 1.54) is 19.2 Å². The molecule has 0 amide bonds. The van der Waals surface area contributed by atoms with E-state index in [-0.39, 0.29) is 22.6 Å². The maximum absolute atomic E-state index is 11.9. The molecule has 19 heavy (non-hydrogen) atoms. The number of nitro groups is 1. The average molecular weight is 309 g/mol. The van der Waals surface area contributed by atoms with Crippen LogP contribution in [0.2, 0.25) is 5.02 Å². The first-order valence-corrected chi connectivity index (χ1v) is 7.10. The van der Waals surface area contributed by atoms with Crippen molar-refractivity contribution in [2.75, 3.05) is 13.7 Å². The van der Waals surface area contributed by atoms with Crippen LogP contribution in [0.25, 0.3) is 0 Å². The number of nitro benzene ring substituents is 1. The molecular formula is C10H13ClN2O5S. The van der Waals surface area contributed by atoms with Gasteiger partial charge in [0.25, 0.3) is 5.69 Å². The highest BCUT2D eigenvalue weighted by molar-refractivity contribution is 7.89. The summed E-state index contributed by atoms with van der Waals surface area (Å²) in [5.41, 5.74) is -0.454. The monoisotopic (exact) mass is 308 g/mol.